The van der Waals surface area contributed by atoms with Crippen LogP contribution in [0.3, 0.4) is 0 Å². The quantitative estimate of drug-likeness (QED) is 0.712. The molecule has 2 atom stereocenters. The van der Waals surface area contributed by atoms with E-state index in [2.05, 4.69) is 12.2 Å². The minimum absolute atomic E-state index is 0.736. The van der Waals surface area contributed by atoms with Crippen molar-refractivity contribution in [2.24, 2.45) is 5.92 Å². The first kappa shape index (κ1) is 6.92. The summed E-state index contributed by atoms with van der Waals surface area (Å²) in [5.74, 6) is 1.90. The van der Waals surface area contributed by atoms with Crippen LogP contribution in [0, 0.1) is 5.92 Å². The maximum absolute atomic E-state index is 5.18. The summed E-state index contributed by atoms with van der Waals surface area (Å²) in [7, 11) is 0. The summed E-state index contributed by atoms with van der Waals surface area (Å²) in [6.45, 7) is 3.14. The van der Waals surface area contributed by atoms with Crippen molar-refractivity contribution < 1.29 is 4.42 Å². The molecule has 0 saturated heterocycles. The third-order valence-electron chi connectivity index (χ3n) is 2.23. The number of nitrogens with one attached hydrogen (secondary N) is 1. The second-order valence-corrected chi connectivity index (χ2v) is 3.28. The number of hydrogen-bond acceptors (Lipinski definition) is 2. The Morgan fingerprint density at radius 3 is 3.09 bits per heavy atom. The van der Waals surface area contributed by atoms with Gasteiger partial charge in [0.1, 0.15) is 5.76 Å². The predicted octanol–water partition coefficient (Wildman–Crippen LogP) is 1.78. The molecule has 0 bridgehead atoms. The van der Waals surface area contributed by atoms with E-state index >= 15 is 0 Å². The van der Waals surface area contributed by atoms with E-state index < -0.39 is 0 Å². The van der Waals surface area contributed by atoms with Crippen molar-refractivity contribution in [3.8, 4) is 0 Å². The molecule has 2 nitrogen and oxygen atoms in total. The van der Waals surface area contributed by atoms with Crippen LogP contribution in [0.5, 0.6) is 0 Å². The molecular weight excluding hydrogens is 138 g/mol. The zero-order chi connectivity index (χ0) is 7.68. The highest BCUT2D eigenvalue weighted by Gasteiger charge is 2.31. The molecule has 1 heterocycles. The first-order chi connectivity index (χ1) is 5.36. The predicted molar refractivity (Wildman–Crippen MR) is 43.1 cm³/mol. The van der Waals surface area contributed by atoms with Gasteiger partial charge in [-0.2, -0.15) is 0 Å². The summed E-state index contributed by atoms with van der Waals surface area (Å²) >= 11 is 0. The highest BCUT2D eigenvalue weighted by Crippen LogP contribution is 2.29. The molecule has 11 heavy (non-hydrogen) atoms. The molecule has 60 valence electrons. The lowest BCUT2D eigenvalue weighted by atomic mass is 10.4. The van der Waals surface area contributed by atoms with E-state index in [9.17, 15) is 0 Å². The summed E-state index contributed by atoms with van der Waals surface area (Å²) in [6, 6.07) is 4.66. The van der Waals surface area contributed by atoms with Crippen LogP contribution in [0.25, 0.3) is 0 Å². The first-order valence-electron chi connectivity index (χ1n) is 4.12. The normalized spacial score (nSPS) is 28.8. The Morgan fingerprint density at radius 2 is 2.55 bits per heavy atom. The molecule has 1 N–H and O–H groups in total. The molecule has 1 aromatic rings. The average Bonchev–Trinajstić information content (AvgIpc) is 2.55. The van der Waals surface area contributed by atoms with Crippen molar-refractivity contribution in [1.82, 2.24) is 5.32 Å². The lowest BCUT2D eigenvalue weighted by Crippen LogP contribution is -2.16. The van der Waals surface area contributed by atoms with Gasteiger partial charge in [0.05, 0.1) is 12.8 Å². The van der Waals surface area contributed by atoms with E-state index in [-0.39, 0.29) is 0 Å². The van der Waals surface area contributed by atoms with Crippen molar-refractivity contribution in [1.29, 1.82) is 0 Å². The standard InChI is InChI=1S/C9H13NO/c1-7-5-9(7)10-6-8-3-2-4-11-8/h2-4,7,9-10H,5-6H2,1H3. The Labute approximate surface area is 66.6 Å². The van der Waals surface area contributed by atoms with Gasteiger partial charge in [-0.25, -0.2) is 0 Å². The van der Waals surface area contributed by atoms with Crippen LogP contribution in [0.15, 0.2) is 22.8 Å². The molecule has 0 spiro atoms. The summed E-state index contributed by atoms with van der Waals surface area (Å²) < 4.78 is 5.18. The third kappa shape index (κ3) is 1.63. The average molecular weight is 151 g/mol. The molecule has 1 aliphatic rings. The van der Waals surface area contributed by atoms with E-state index in [1.54, 1.807) is 6.26 Å². The molecule has 0 aliphatic heterocycles. The van der Waals surface area contributed by atoms with Gasteiger partial charge in [-0.1, -0.05) is 6.92 Å². The third-order valence-corrected chi connectivity index (χ3v) is 2.23. The molecule has 1 aromatic heterocycles. The molecule has 1 fully saturated rings. The number of furan rings is 1. The molecule has 0 radical (unpaired) electrons. The lowest BCUT2D eigenvalue weighted by Gasteiger charge is -1.98. The Kier molecular flexibility index (Phi) is 1.70. The summed E-state index contributed by atoms with van der Waals surface area (Å²) in [6.07, 6.45) is 3.04. The van der Waals surface area contributed by atoms with Crippen molar-refractivity contribution >= 4 is 0 Å². The van der Waals surface area contributed by atoms with Gasteiger partial charge in [-0.15, -0.1) is 0 Å². The Balaban J connectivity index is 1.75. The fraction of sp³-hybridized carbons (Fsp3) is 0.556. The van der Waals surface area contributed by atoms with Gasteiger partial charge in [0.25, 0.3) is 0 Å². The minimum atomic E-state index is 0.736. The molecule has 1 saturated carbocycles. The largest absolute Gasteiger partial charge is 0.468 e. The second kappa shape index (κ2) is 2.70. The number of hydrogen-bond donors (Lipinski definition) is 1. The highest BCUT2D eigenvalue weighted by molar-refractivity contribution is 4.99. The van der Waals surface area contributed by atoms with Crippen molar-refractivity contribution in [3.05, 3.63) is 24.2 Å². The Bertz CT molecular complexity index is 217. The van der Waals surface area contributed by atoms with Gasteiger partial charge in [0.2, 0.25) is 0 Å². The zero-order valence-corrected chi connectivity index (χ0v) is 6.71. The Hall–Kier alpha value is -0.760. The monoisotopic (exact) mass is 151 g/mol. The van der Waals surface area contributed by atoms with Crippen LogP contribution < -0.4 is 5.32 Å². The Morgan fingerprint density at radius 1 is 1.73 bits per heavy atom. The summed E-state index contributed by atoms with van der Waals surface area (Å²) in [4.78, 5) is 0. The van der Waals surface area contributed by atoms with Crippen LogP contribution in [-0.2, 0) is 6.54 Å². The molecule has 0 amide bonds. The SMILES string of the molecule is CC1CC1NCc1ccco1. The van der Waals surface area contributed by atoms with Gasteiger partial charge in [-0.3, -0.25) is 0 Å². The summed E-state index contributed by atoms with van der Waals surface area (Å²) in [5, 5.41) is 3.42. The van der Waals surface area contributed by atoms with Crippen LogP contribution in [0.4, 0.5) is 0 Å². The van der Waals surface area contributed by atoms with Crippen LogP contribution >= 0.6 is 0 Å². The molecular formula is C9H13NO. The topological polar surface area (TPSA) is 25.2 Å². The maximum Gasteiger partial charge on any atom is 0.117 e. The van der Waals surface area contributed by atoms with Crippen molar-refractivity contribution in [2.75, 3.05) is 0 Å². The van der Waals surface area contributed by atoms with E-state index in [0.717, 1.165) is 24.3 Å². The molecule has 1 aliphatic carbocycles. The smallest absolute Gasteiger partial charge is 0.117 e. The fourth-order valence-corrected chi connectivity index (χ4v) is 1.25. The van der Waals surface area contributed by atoms with E-state index in [1.165, 1.54) is 6.42 Å². The minimum Gasteiger partial charge on any atom is -0.468 e. The van der Waals surface area contributed by atoms with E-state index in [0.29, 0.717) is 0 Å². The van der Waals surface area contributed by atoms with Crippen LogP contribution in [-0.4, -0.2) is 6.04 Å². The lowest BCUT2D eigenvalue weighted by molar-refractivity contribution is 0.478. The molecule has 0 aromatic carbocycles. The summed E-state index contributed by atoms with van der Waals surface area (Å²) in [5.41, 5.74) is 0. The van der Waals surface area contributed by atoms with Crippen LogP contribution in [0.2, 0.25) is 0 Å². The van der Waals surface area contributed by atoms with Crippen molar-refractivity contribution in [2.45, 2.75) is 25.9 Å². The van der Waals surface area contributed by atoms with E-state index in [4.69, 9.17) is 4.42 Å². The molecule has 2 heteroatoms. The van der Waals surface area contributed by atoms with Gasteiger partial charge in [0.15, 0.2) is 0 Å². The first-order valence-corrected chi connectivity index (χ1v) is 4.12. The number of rotatable bonds is 3. The van der Waals surface area contributed by atoms with Crippen molar-refractivity contribution in [3.63, 3.8) is 0 Å². The fourth-order valence-electron chi connectivity index (χ4n) is 1.25. The van der Waals surface area contributed by atoms with Gasteiger partial charge in [-0.05, 0) is 24.5 Å². The van der Waals surface area contributed by atoms with E-state index in [1.807, 2.05) is 12.1 Å². The zero-order valence-electron chi connectivity index (χ0n) is 6.71. The second-order valence-electron chi connectivity index (χ2n) is 3.28. The molecule has 2 unspecified atom stereocenters. The highest BCUT2D eigenvalue weighted by atomic mass is 16.3. The van der Waals surface area contributed by atoms with Gasteiger partial charge >= 0.3 is 0 Å². The van der Waals surface area contributed by atoms with Crippen LogP contribution in [0.1, 0.15) is 19.1 Å². The molecule has 2 rings (SSSR count). The maximum atomic E-state index is 5.18. The van der Waals surface area contributed by atoms with Gasteiger partial charge in [0, 0.05) is 6.04 Å². The van der Waals surface area contributed by atoms with Gasteiger partial charge < -0.3 is 9.73 Å².